The number of ether oxygens (including phenoxy) is 1. The van der Waals surface area contributed by atoms with Crippen LogP contribution in [-0.2, 0) is 11.3 Å². The molecule has 0 unspecified atom stereocenters. The van der Waals surface area contributed by atoms with Crippen molar-refractivity contribution in [1.29, 1.82) is 0 Å². The quantitative estimate of drug-likeness (QED) is 0.744. The van der Waals surface area contributed by atoms with Gasteiger partial charge >= 0.3 is 0 Å². The largest absolute Gasteiger partial charge is 0.383 e. The van der Waals surface area contributed by atoms with Gasteiger partial charge in [0.05, 0.1) is 23.8 Å². The van der Waals surface area contributed by atoms with Crippen LogP contribution >= 0.6 is 15.9 Å². The molecular weight excluding hydrogens is 298 g/mol. The molecule has 1 aromatic rings. The lowest BCUT2D eigenvalue weighted by Crippen LogP contribution is -2.26. The van der Waals surface area contributed by atoms with Crippen molar-refractivity contribution in [2.45, 2.75) is 32.9 Å². The predicted molar refractivity (Wildman–Crippen MR) is 73.9 cm³/mol. The number of rotatable bonds is 8. The molecule has 0 fully saturated rings. The monoisotopic (exact) mass is 317 g/mol. The molecule has 102 valence electrons. The Bertz CT molecular complexity index is 391. The van der Waals surface area contributed by atoms with Crippen LogP contribution in [0.15, 0.2) is 10.7 Å². The Hall–Kier alpha value is -0.720. The van der Waals surface area contributed by atoms with Crippen LogP contribution < -0.4 is 5.32 Å². The summed E-state index contributed by atoms with van der Waals surface area (Å²) in [6.07, 6.45) is 2.12. The molecule has 0 aliphatic carbocycles. The number of ketones is 1. The number of aromatic nitrogens is 2. The summed E-state index contributed by atoms with van der Waals surface area (Å²) in [5.41, 5.74) is 0.623. The number of carbonyl (C=O) groups is 1. The first-order chi connectivity index (χ1) is 8.56. The van der Waals surface area contributed by atoms with Crippen LogP contribution in [-0.4, -0.2) is 41.9 Å². The Morgan fingerprint density at radius 1 is 1.61 bits per heavy atom. The van der Waals surface area contributed by atoms with Crippen molar-refractivity contribution < 1.29 is 9.53 Å². The van der Waals surface area contributed by atoms with Crippen LogP contribution in [0.3, 0.4) is 0 Å². The van der Waals surface area contributed by atoms with E-state index in [2.05, 4.69) is 40.2 Å². The summed E-state index contributed by atoms with van der Waals surface area (Å²) in [5.74, 6) is 0.0867. The normalized spacial score (nSPS) is 11.2. The standard InChI is InChI=1S/C12H20BrN3O2/c1-9(2)14-5-4-11(17)12-10(13)8-15-16(12)6-7-18-3/h8-9,14H,4-7H2,1-3H3. The summed E-state index contributed by atoms with van der Waals surface area (Å²) in [6, 6.07) is 0.389. The zero-order valence-corrected chi connectivity index (χ0v) is 12.7. The molecule has 1 heterocycles. The molecule has 1 N–H and O–H groups in total. The molecule has 0 saturated heterocycles. The molecule has 5 nitrogen and oxygen atoms in total. The third-order valence-corrected chi connectivity index (χ3v) is 3.05. The van der Waals surface area contributed by atoms with E-state index in [0.29, 0.717) is 37.9 Å². The number of methoxy groups -OCH3 is 1. The number of hydrogen-bond acceptors (Lipinski definition) is 4. The smallest absolute Gasteiger partial charge is 0.183 e. The van der Waals surface area contributed by atoms with Crippen LogP contribution in [0.25, 0.3) is 0 Å². The van der Waals surface area contributed by atoms with E-state index in [0.717, 1.165) is 4.47 Å². The van der Waals surface area contributed by atoms with E-state index in [1.807, 2.05) is 0 Å². The molecule has 18 heavy (non-hydrogen) atoms. The number of halogens is 1. The SMILES string of the molecule is COCCn1ncc(Br)c1C(=O)CCNC(C)C. The Kier molecular flexibility index (Phi) is 6.52. The van der Waals surface area contributed by atoms with Gasteiger partial charge in [0, 0.05) is 26.1 Å². The first kappa shape index (κ1) is 15.3. The molecule has 0 aromatic carbocycles. The first-order valence-corrected chi connectivity index (χ1v) is 6.82. The number of Topliss-reactive ketones (excluding diaryl/α,β-unsaturated/α-hetero) is 1. The fourth-order valence-corrected chi connectivity index (χ4v) is 2.10. The lowest BCUT2D eigenvalue weighted by Gasteiger charge is -2.09. The Balaban J connectivity index is 2.63. The summed E-state index contributed by atoms with van der Waals surface area (Å²) in [4.78, 5) is 12.1. The second-order valence-electron chi connectivity index (χ2n) is 4.34. The molecular formula is C12H20BrN3O2. The Labute approximate surface area is 116 Å². The molecule has 1 rings (SSSR count). The fourth-order valence-electron chi connectivity index (χ4n) is 1.58. The maximum absolute atomic E-state index is 12.1. The summed E-state index contributed by atoms with van der Waals surface area (Å²) in [6.45, 7) is 5.92. The summed E-state index contributed by atoms with van der Waals surface area (Å²) in [7, 11) is 1.63. The van der Waals surface area contributed by atoms with Crippen LogP contribution in [0, 0.1) is 0 Å². The van der Waals surface area contributed by atoms with Crippen molar-refractivity contribution >= 4 is 21.7 Å². The topological polar surface area (TPSA) is 56.2 Å². The number of nitrogens with one attached hydrogen (secondary N) is 1. The average Bonchev–Trinajstić information content (AvgIpc) is 2.67. The van der Waals surface area contributed by atoms with Gasteiger partial charge in [-0.3, -0.25) is 9.48 Å². The number of nitrogens with zero attached hydrogens (tertiary/aromatic N) is 2. The van der Waals surface area contributed by atoms with Gasteiger partial charge in [-0.25, -0.2) is 0 Å². The van der Waals surface area contributed by atoms with Crippen LogP contribution in [0.1, 0.15) is 30.8 Å². The van der Waals surface area contributed by atoms with Crippen LogP contribution in [0.2, 0.25) is 0 Å². The van der Waals surface area contributed by atoms with Gasteiger partial charge in [0.15, 0.2) is 5.78 Å². The average molecular weight is 318 g/mol. The van der Waals surface area contributed by atoms with Gasteiger partial charge in [-0.05, 0) is 15.9 Å². The van der Waals surface area contributed by atoms with Crippen molar-refractivity contribution in [3.8, 4) is 0 Å². The lowest BCUT2D eigenvalue weighted by atomic mass is 10.2. The minimum atomic E-state index is 0.0867. The van der Waals surface area contributed by atoms with Crippen molar-refractivity contribution in [2.75, 3.05) is 20.3 Å². The second-order valence-corrected chi connectivity index (χ2v) is 5.19. The first-order valence-electron chi connectivity index (χ1n) is 6.03. The van der Waals surface area contributed by atoms with Crippen molar-refractivity contribution in [3.63, 3.8) is 0 Å². The van der Waals surface area contributed by atoms with E-state index in [1.54, 1.807) is 18.0 Å². The molecule has 1 aromatic heterocycles. The molecule has 0 saturated carbocycles. The highest BCUT2D eigenvalue weighted by Crippen LogP contribution is 2.17. The maximum Gasteiger partial charge on any atom is 0.183 e. The summed E-state index contributed by atoms with van der Waals surface area (Å²) >= 11 is 3.37. The molecule has 0 atom stereocenters. The van der Waals surface area contributed by atoms with Gasteiger partial charge in [0.25, 0.3) is 0 Å². The highest BCUT2D eigenvalue weighted by Gasteiger charge is 2.16. The van der Waals surface area contributed by atoms with Gasteiger partial charge < -0.3 is 10.1 Å². The van der Waals surface area contributed by atoms with E-state index < -0.39 is 0 Å². The van der Waals surface area contributed by atoms with E-state index >= 15 is 0 Å². The molecule has 0 aliphatic heterocycles. The van der Waals surface area contributed by atoms with E-state index in [4.69, 9.17) is 4.74 Å². The van der Waals surface area contributed by atoms with Gasteiger partial charge in [0.2, 0.25) is 0 Å². The predicted octanol–water partition coefficient (Wildman–Crippen LogP) is 1.86. The zero-order valence-electron chi connectivity index (χ0n) is 11.1. The molecule has 0 radical (unpaired) electrons. The molecule has 0 spiro atoms. The van der Waals surface area contributed by atoms with E-state index in [-0.39, 0.29) is 5.78 Å². The number of carbonyl (C=O) groups excluding carboxylic acids is 1. The zero-order chi connectivity index (χ0) is 13.5. The molecule has 0 amide bonds. The Morgan fingerprint density at radius 3 is 2.94 bits per heavy atom. The highest BCUT2D eigenvalue weighted by molar-refractivity contribution is 9.10. The van der Waals surface area contributed by atoms with Gasteiger partial charge in [-0.15, -0.1) is 0 Å². The fraction of sp³-hybridized carbons (Fsp3) is 0.667. The van der Waals surface area contributed by atoms with Crippen LogP contribution in [0.5, 0.6) is 0 Å². The minimum absolute atomic E-state index is 0.0867. The third kappa shape index (κ3) is 4.51. The van der Waals surface area contributed by atoms with Crippen LogP contribution in [0.4, 0.5) is 0 Å². The molecule has 0 aliphatic rings. The van der Waals surface area contributed by atoms with E-state index in [1.165, 1.54) is 0 Å². The molecule has 0 bridgehead atoms. The van der Waals surface area contributed by atoms with E-state index in [9.17, 15) is 4.79 Å². The summed E-state index contributed by atoms with van der Waals surface area (Å²) in [5, 5.41) is 7.40. The maximum atomic E-state index is 12.1. The van der Waals surface area contributed by atoms with Crippen molar-refractivity contribution in [1.82, 2.24) is 15.1 Å². The minimum Gasteiger partial charge on any atom is -0.383 e. The molecule has 6 heteroatoms. The van der Waals surface area contributed by atoms with Gasteiger partial charge in [-0.2, -0.15) is 5.10 Å². The van der Waals surface area contributed by atoms with Gasteiger partial charge in [0.1, 0.15) is 5.69 Å². The summed E-state index contributed by atoms with van der Waals surface area (Å²) < 4.78 is 7.43. The van der Waals surface area contributed by atoms with Gasteiger partial charge in [-0.1, -0.05) is 13.8 Å². The Morgan fingerprint density at radius 2 is 2.33 bits per heavy atom. The third-order valence-electron chi connectivity index (χ3n) is 2.47. The second kappa shape index (κ2) is 7.66. The highest BCUT2D eigenvalue weighted by atomic mass is 79.9. The lowest BCUT2D eigenvalue weighted by molar-refractivity contribution is 0.0967. The van der Waals surface area contributed by atoms with Crippen molar-refractivity contribution in [2.24, 2.45) is 0 Å². The number of hydrogen-bond donors (Lipinski definition) is 1. The van der Waals surface area contributed by atoms with Crippen molar-refractivity contribution in [3.05, 3.63) is 16.4 Å².